The second kappa shape index (κ2) is 5.90. The van der Waals surface area contributed by atoms with Gasteiger partial charge in [0.05, 0.1) is 6.61 Å². The molecule has 0 bridgehead atoms. The van der Waals surface area contributed by atoms with Gasteiger partial charge in [0.2, 0.25) is 0 Å². The van der Waals surface area contributed by atoms with Gasteiger partial charge in [-0.1, -0.05) is 12.1 Å². The Morgan fingerprint density at radius 1 is 1.47 bits per heavy atom. The molecular formula is C13H17NO5. The largest absolute Gasteiger partial charge is 0.467 e. The van der Waals surface area contributed by atoms with Gasteiger partial charge < -0.3 is 24.6 Å². The SMILES string of the molecule is COCOc1c(CO)ccc2c1CCN(C(=O)O)C2. The zero-order chi connectivity index (χ0) is 13.8. The summed E-state index contributed by atoms with van der Waals surface area (Å²) < 4.78 is 10.4. The van der Waals surface area contributed by atoms with E-state index in [9.17, 15) is 9.90 Å². The summed E-state index contributed by atoms with van der Waals surface area (Å²) in [6.07, 6.45) is -0.342. The highest BCUT2D eigenvalue weighted by Crippen LogP contribution is 2.32. The molecule has 0 radical (unpaired) electrons. The van der Waals surface area contributed by atoms with E-state index >= 15 is 0 Å². The molecule has 1 aliphatic heterocycles. The third-order valence-corrected chi connectivity index (χ3v) is 3.19. The molecule has 1 amide bonds. The first kappa shape index (κ1) is 13.6. The first-order chi connectivity index (χ1) is 9.17. The van der Waals surface area contributed by atoms with Gasteiger partial charge in [0.1, 0.15) is 5.75 Å². The number of hydrogen-bond acceptors (Lipinski definition) is 4. The van der Waals surface area contributed by atoms with Gasteiger partial charge in [-0.3, -0.25) is 0 Å². The van der Waals surface area contributed by atoms with Gasteiger partial charge in [0.15, 0.2) is 6.79 Å². The van der Waals surface area contributed by atoms with E-state index in [0.717, 1.165) is 11.1 Å². The lowest BCUT2D eigenvalue weighted by Crippen LogP contribution is -2.35. The number of methoxy groups -OCH3 is 1. The highest BCUT2D eigenvalue weighted by Gasteiger charge is 2.24. The zero-order valence-electron chi connectivity index (χ0n) is 10.8. The number of carboxylic acid groups (broad SMARTS) is 1. The molecule has 0 saturated carbocycles. The maximum atomic E-state index is 11.0. The number of fused-ring (bicyclic) bond motifs is 1. The third-order valence-electron chi connectivity index (χ3n) is 3.19. The molecule has 2 N–H and O–H groups in total. The smallest absolute Gasteiger partial charge is 0.407 e. The van der Waals surface area contributed by atoms with Crippen LogP contribution >= 0.6 is 0 Å². The average molecular weight is 267 g/mol. The van der Waals surface area contributed by atoms with Gasteiger partial charge in [-0.25, -0.2) is 4.79 Å². The zero-order valence-corrected chi connectivity index (χ0v) is 10.8. The van der Waals surface area contributed by atoms with Crippen molar-refractivity contribution in [2.24, 2.45) is 0 Å². The van der Waals surface area contributed by atoms with Crippen LogP contribution in [-0.2, 0) is 24.3 Å². The molecule has 0 fully saturated rings. The Hall–Kier alpha value is -1.79. The van der Waals surface area contributed by atoms with Gasteiger partial charge >= 0.3 is 6.09 Å². The molecule has 19 heavy (non-hydrogen) atoms. The average Bonchev–Trinajstić information content (AvgIpc) is 2.43. The minimum atomic E-state index is -0.920. The van der Waals surface area contributed by atoms with Gasteiger partial charge in [-0.2, -0.15) is 0 Å². The minimum Gasteiger partial charge on any atom is -0.467 e. The van der Waals surface area contributed by atoms with Gasteiger partial charge in [-0.05, 0) is 12.0 Å². The number of ether oxygens (including phenoxy) is 2. The number of aliphatic hydroxyl groups excluding tert-OH is 1. The molecule has 1 heterocycles. The van der Waals surface area contributed by atoms with Crippen LogP contribution in [0.4, 0.5) is 4.79 Å². The van der Waals surface area contributed by atoms with Gasteiger partial charge in [0.25, 0.3) is 0 Å². The van der Waals surface area contributed by atoms with E-state index in [1.54, 1.807) is 6.07 Å². The molecule has 104 valence electrons. The normalized spacial score (nSPS) is 14.1. The van der Waals surface area contributed by atoms with Crippen molar-refractivity contribution in [1.82, 2.24) is 4.90 Å². The first-order valence-electron chi connectivity index (χ1n) is 6.01. The Labute approximate surface area is 111 Å². The quantitative estimate of drug-likeness (QED) is 0.801. The number of rotatable bonds is 4. The van der Waals surface area contributed by atoms with Crippen molar-refractivity contribution in [3.8, 4) is 5.75 Å². The predicted molar refractivity (Wildman–Crippen MR) is 67.0 cm³/mol. The summed E-state index contributed by atoms with van der Waals surface area (Å²) in [6.45, 7) is 0.765. The van der Waals surface area contributed by atoms with Gasteiger partial charge in [-0.15, -0.1) is 0 Å². The minimum absolute atomic E-state index is 0.103. The summed E-state index contributed by atoms with van der Waals surface area (Å²) in [6, 6.07) is 3.60. The molecule has 6 nitrogen and oxygen atoms in total. The van der Waals surface area contributed by atoms with Crippen LogP contribution in [0.1, 0.15) is 16.7 Å². The molecule has 0 spiro atoms. The summed E-state index contributed by atoms with van der Waals surface area (Å²) in [5.41, 5.74) is 2.57. The molecule has 0 unspecified atom stereocenters. The van der Waals surface area contributed by atoms with Crippen molar-refractivity contribution in [3.05, 3.63) is 28.8 Å². The number of aliphatic hydroxyl groups is 1. The van der Waals surface area contributed by atoms with Gasteiger partial charge in [0, 0.05) is 31.3 Å². The highest BCUT2D eigenvalue weighted by atomic mass is 16.7. The molecule has 0 atom stereocenters. The van der Waals surface area contributed by atoms with Crippen LogP contribution in [0.2, 0.25) is 0 Å². The standard InChI is InChI=1S/C13H17NO5/c1-18-8-19-12-10(7-15)3-2-9-6-14(13(16)17)5-4-11(9)12/h2-3,15H,4-8H2,1H3,(H,16,17). The third kappa shape index (κ3) is 2.80. The molecule has 6 heteroatoms. The Morgan fingerprint density at radius 3 is 2.89 bits per heavy atom. The van der Waals surface area contributed by atoms with E-state index < -0.39 is 6.09 Å². The van der Waals surface area contributed by atoms with Crippen LogP contribution in [0.5, 0.6) is 5.75 Å². The predicted octanol–water partition coefficient (Wildman–Crippen LogP) is 1.20. The van der Waals surface area contributed by atoms with Crippen LogP contribution in [-0.4, -0.2) is 41.7 Å². The van der Waals surface area contributed by atoms with E-state index in [-0.39, 0.29) is 13.4 Å². The lowest BCUT2D eigenvalue weighted by atomic mass is 9.96. The second-order valence-electron chi connectivity index (χ2n) is 4.35. The molecular weight excluding hydrogens is 250 g/mol. The monoisotopic (exact) mass is 267 g/mol. The summed E-state index contributed by atoms with van der Waals surface area (Å²) >= 11 is 0. The summed E-state index contributed by atoms with van der Waals surface area (Å²) in [4.78, 5) is 12.3. The number of carbonyl (C=O) groups is 1. The van der Waals surface area contributed by atoms with Crippen LogP contribution in [0.25, 0.3) is 0 Å². The first-order valence-corrected chi connectivity index (χ1v) is 6.01. The summed E-state index contributed by atoms with van der Waals surface area (Å²) in [5, 5.41) is 18.3. The van der Waals surface area contributed by atoms with Crippen molar-refractivity contribution < 1.29 is 24.5 Å². The summed E-state index contributed by atoms with van der Waals surface area (Å²) in [7, 11) is 1.53. The Kier molecular flexibility index (Phi) is 4.24. The van der Waals surface area contributed by atoms with Crippen LogP contribution in [0, 0.1) is 0 Å². The number of nitrogens with zero attached hydrogens (tertiary/aromatic N) is 1. The van der Waals surface area contributed by atoms with Crippen molar-refractivity contribution in [2.75, 3.05) is 20.4 Å². The fourth-order valence-electron chi connectivity index (χ4n) is 2.26. The molecule has 1 aliphatic rings. The fraction of sp³-hybridized carbons (Fsp3) is 0.462. The maximum absolute atomic E-state index is 11.0. The lowest BCUT2D eigenvalue weighted by molar-refractivity contribution is 0.0482. The van der Waals surface area contributed by atoms with Crippen molar-refractivity contribution in [1.29, 1.82) is 0 Å². The van der Waals surface area contributed by atoms with E-state index in [2.05, 4.69) is 0 Å². The molecule has 0 aliphatic carbocycles. The number of hydrogen-bond donors (Lipinski definition) is 2. The van der Waals surface area contributed by atoms with Crippen molar-refractivity contribution in [2.45, 2.75) is 19.6 Å². The summed E-state index contributed by atoms with van der Waals surface area (Å²) in [5.74, 6) is 0.617. The molecule has 0 saturated heterocycles. The lowest BCUT2D eigenvalue weighted by Gasteiger charge is -2.28. The van der Waals surface area contributed by atoms with Crippen LogP contribution < -0.4 is 4.74 Å². The topological polar surface area (TPSA) is 79.2 Å². The Morgan fingerprint density at radius 2 is 2.26 bits per heavy atom. The molecule has 2 rings (SSSR count). The maximum Gasteiger partial charge on any atom is 0.407 e. The highest BCUT2D eigenvalue weighted by molar-refractivity contribution is 5.66. The Bertz CT molecular complexity index is 474. The van der Waals surface area contributed by atoms with Crippen molar-refractivity contribution in [3.63, 3.8) is 0 Å². The van der Waals surface area contributed by atoms with E-state index in [1.807, 2.05) is 6.07 Å². The number of amides is 1. The van der Waals surface area contributed by atoms with E-state index in [4.69, 9.17) is 14.6 Å². The Balaban J connectivity index is 2.32. The molecule has 1 aromatic rings. The van der Waals surface area contributed by atoms with E-state index in [1.165, 1.54) is 12.0 Å². The van der Waals surface area contributed by atoms with E-state index in [0.29, 0.717) is 30.8 Å². The second-order valence-corrected chi connectivity index (χ2v) is 4.35. The molecule has 1 aromatic carbocycles. The van der Waals surface area contributed by atoms with Crippen molar-refractivity contribution >= 4 is 6.09 Å². The van der Waals surface area contributed by atoms with Crippen LogP contribution in [0.3, 0.4) is 0 Å². The number of benzene rings is 1. The van der Waals surface area contributed by atoms with Crippen LogP contribution in [0.15, 0.2) is 12.1 Å². The fourth-order valence-corrected chi connectivity index (χ4v) is 2.26. The molecule has 0 aromatic heterocycles.